The molecular formula is C16H17NO3S2. The number of rotatable bonds is 6. The van der Waals surface area contributed by atoms with Crippen LogP contribution in [0.1, 0.15) is 15.2 Å². The number of amides is 1. The fourth-order valence-electron chi connectivity index (χ4n) is 1.99. The van der Waals surface area contributed by atoms with E-state index in [2.05, 4.69) is 6.58 Å². The van der Waals surface area contributed by atoms with Crippen LogP contribution in [-0.2, 0) is 16.4 Å². The van der Waals surface area contributed by atoms with Gasteiger partial charge in [-0.2, -0.15) is 0 Å². The third-order valence-corrected chi connectivity index (χ3v) is 5.08. The quantitative estimate of drug-likeness (QED) is 0.763. The monoisotopic (exact) mass is 335 g/mol. The van der Waals surface area contributed by atoms with Crippen molar-refractivity contribution in [1.29, 1.82) is 0 Å². The molecule has 0 bridgehead atoms. The van der Waals surface area contributed by atoms with E-state index in [0.29, 0.717) is 18.7 Å². The second-order valence-electron chi connectivity index (χ2n) is 4.85. The predicted molar refractivity (Wildman–Crippen MR) is 88.8 cm³/mol. The summed E-state index contributed by atoms with van der Waals surface area (Å²) in [4.78, 5) is 15.5. The molecule has 0 fully saturated rings. The molecule has 0 spiro atoms. The Hall–Kier alpha value is -1.92. The normalized spacial score (nSPS) is 11.1. The summed E-state index contributed by atoms with van der Waals surface area (Å²) in [6, 6.07) is 9.92. The van der Waals surface area contributed by atoms with Gasteiger partial charge in [-0.1, -0.05) is 12.1 Å². The van der Waals surface area contributed by atoms with Gasteiger partial charge in [-0.15, -0.1) is 17.9 Å². The van der Waals surface area contributed by atoms with Crippen LogP contribution in [0.3, 0.4) is 0 Å². The van der Waals surface area contributed by atoms with Crippen LogP contribution < -0.4 is 0 Å². The van der Waals surface area contributed by atoms with E-state index in [4.69, 9.17) is 0 Å². The number of sulfone groups is 1. The van der Waals surface area contributed by atoms with Crippen molar-refractivity contribution in [2.24, 2.45) is 0 Å². The first-order chi connectivity index (χ1) is 10.4. The van der Waals surface area contributed by atoms with Crippen molar-refractivity contribution >= 4 is 27.1 Å². The largest absolute Gasteiger partial charge is 0.330 e. The van der Waals surface area contributed by atoms with Crippen LogP contribution in [0.4, 0.5) is 0 Å². The topological polar surface area (TPSA) is 54.5 Å². The molecule has 4 nitrogen and oxygen atoms in total. The van der Waals surface area contributed by atoms with Crippen molar-refractivity contribution in [1.82, 2.24) is 4.90 Å². The van der Waals surface area contributed by atoms with Gasteiger partial charge in [0, 0.05) is 23.2 Å². The fraction of sp³-hybridized carbons (Fsp3) is 0.188. The molecule has 0 atom stereocenters. The van der Waals surface area contributed by atoms with Gasteiger partial charge in [0.25, 0.3) is 5.91 Å². The highest BCUT2D eigenvalue weighted by molar-refractivity contribution is 7.90. The van der Waals surface area contributed by atoms with Crippen LogP contribution in [0.2, 0.25) is 0 Å². The Bertz CT molecular complexity index is 747. The summed E-state index contributed by atoms with van der Waals surface area (Å²) in [6.07, 6.45) is 2.82. The van der Waals surface area contributed by atoms with Gasteiger partial charge in [0.15, 0.2) is 9.84 Å². The van der Waals surface area contributed by atoms with Crippen molar-refractivity contribution in [3.05, 3.63) is 64.9 Å². The van der Waals surface area contributed by atoms with Gasteiger partial charge in [0.1, 0.15) is 0 Å². The summed E-state index contributed by atoms with van der Waals surface area (Å²) < 4.78 is 22.9. The van der Waals surface area contributed by atoms with Crippen LogP contribution >= 0.6 is 11.3 Å². The third kappa shape index (κ3) is 4.05. The standard InChI is InChI=1S/C16H17NO3S2/c1-3-10-17(12-14-5-4-11-21-14)16(18)13-6-8-15(9-7-13)22(2,19)20/h3-9,11H,1,10,12H2,2H3. The maximum Gasteiger partial charge on any atom is 0.254 e. The minimum absolute atomic E-state index is 0.145. The van der Waals surface area contributed by atoms with E-state index in [1.54, 1.807) is 34.4 Å². The van der Waals surface area contributed by atoms with Gasteiger partial charge in [-0.05, 0) is 35.7 Å². The lowest BCUT2D eigenvalue weighted by Gasteiger charge is -2.20. The smallest absolute Gasteiger partial charge is 0.254 e. The molecule has 6 heteroatoms. The Labute approximate surface area is 134 Å². The molecule has 1 aromatic carbocycles. The molecule has 0 radical (unpaired) electrons. The molecule has 0 saturated carbocycles. The SMILES string of the molecule is C=CCN(Cc1cccs1)C(=O)c1ccc(S(C)(=O)=O)cc1. The Morgan fingerprint density at radius 1 is 1.27 bits per heavy atom. The first kappa shape index (κ1) is 16.5. The zero-order chi connectivity index (χ0) is 16.2. The van der Waals surface area contributed by atoms with Crippen LogP contribution in [0, 0.1) is 0 Å². The lowest BCUT2D eigenvalue weighted by molar-refractivity contribution is 0.0764. The molecule has 22 heavy (non-hydrogen) atoms. The number of carbonyl (C=O) groups is 1. The Morgan fingerprint density at radius 2 is 1.95 bits per heavy atom. The Morgan fingerprint density at radius 3 is 2.45 bits per heavy atom. The molecule has 2 aromatic rings. The van der Waals surface area contributed by atoms with E-state index < -0.39 is 9.84 Å². The lowest BCUT2D eigenvalue weighted by Crippen LogP contribution is -2.30. The number of hydrogen-bond acceptors (Lipinski definition) is 4. The minimum Gasteiger partial charge on any atom is -0.330 e. The predicted octanol–water partition coefficient (Wildman–Crippen LogP) is 2.98. The van der Waals surface area contributed by atoms with Crippen molar-refractivity contribution < 1.29 is 13.2 Å². The van der Waals surface area contributed by atoms with Gasteiger partial charge in [0.2, 0.25) is 0 Å². The molecule has 1 heterocycles. The zero-order valence-corrected chi connectivity index (χ0v) is 13.9. The van der Waals surface area contributed by atoms with Crippen LogP contribution in [0.5, 0.6) is 0 Å². The van der Waals surface area contributed by atoms with E-state index >= 15 is 0 Å². The maximum atomic E-state index is 12.6. The van der Waals surface area contributed by atoms with Crippen molar-refractivity contribution in [2.45, 2.75) is 11.4 Å². The third-order valence-electron chi connectivity index (χ3n) is 3.09. The summed E-state index contributed by atoms with van der Waals surface area (Å²) >= 11 is 1.59. The van der Waals surface area contributed by atoms with Crippen molar-refractivity contribution in [3.8, 4) is 0 Å². The molecule has 0 unspecified atom stereocenters. The van der Waals surface area contributed by atoms with Crippen LogP contribution in [0.15, 0.2) is 59.3 Å². The molecule has 0 aliphatic rings. The van der Waals surface area contributed by atoms with Crippen LogP contribution in [0.25, 0.3) is 0 Å². The number of nitrogens with zero attached hydrogens (tertiary/aromatic N) is 1. The highest BCUT2D eigenvalue weighted by Crippen LogP contribution is 2.16. The van der Waals surface area contributed by atoms with E-state index in [1.165, 1.54) is 12.1 Å². The van der Waals surface area contributed by atoms with Gasteiger partial charge in [0.05, 0.1) is 11.4 Å². The molecule has 0 saturated heterocycles. The first-order valence-electron chi connectivity index (χ1n) is 6.64. The van der Waals surface area contributed by atoms with Gasteiger partial charge in [-0.3, -0.25) is 4.79 Å². The van der Waals surface area contributed by atoms with Gasteiger partial charge >= 0.3 is 0 Å². The van der Waals surface area contributed by atoms with Crippen molar-refractivity contribution in [3.63, 3.8) is 0 Å². The summed E-state index contributed by atoms with van der Waals surface area (Å²) in [5.74, 6) is -0.145. The molecule has 116 valence electrons. The van der Waals surface area contributed by atoms with Crippen LogP contribution in [-0.4, -0.2) is 32.0 Å². The average Bonchev–Trinajstić information content (AvgIpc) is 2.98. The molecular weight excluding hydrogens is 318 g/mol. The Balaban J connectivity index is 2.21. The molecule has 2 rings (SSSR count). The second kappa shape index (κ2) is 6.89. The van der Waals surface area contributed by atoms with Gasteiger partial charge < -0.3 is 4.90 Å². The molecule has 0 N–H and O–H groups in total. The number of thiophene rings is 1. The number of benzene rings is 1. The average molecular weight is 335 g/mol. The summed E-state index contributed by atoms with van der Waals surface area (Å²) in [5.41, 5.74) is 0.464. The highest BCUT2D eigenvalue weighted by Gasteiger charge is 2.16. The molecule has 0 aliphatic heterocycles. The first-order valence-corrected chi connectivity index (χ1v) is 9.41. The minimum atomic E-state index is -3.26. The fourth-order valence-corrected chi connectivity index (χ4v) is 3.34. The lowest BCUT2D eigenvalue weighted by atomic mass is 10.2. The summed E-state index contributed by atoms with van der Waals surface area (Å²) in [5, 5.41) is 1.97. The van der Waals surface area contributed by atoms with E-state index in [-0.39, 0.29) is 10.8 Å². The number of carbonyl (C=O) groups excluding carboxylic acids is 1. The van der Waals surface area contributed by atoms with E-state index in [0.717, 1.165) is 11.1 Å². The zero-order valence-electron chi connectivity index (χ0n) is 12.2. The molecule has 0 aliphatic carbocycles. The number of hydrogen-bond donors (Lipinski definition) is 0. The van der Waals surface area contributed by atoms with Gasteiger partial charge in [-0.25, -0.2) is 8.42 Å². The molecule has 1 aromatic heterocycles. The Kier molecular flexibility index (Phi) is 5.15. The second-order valence-corrected chi connectivity index (χ2v) is 7.90. The van der Waals surface area contributed by atoms with E-state index in [9.17, 15) is 13.2 Å². The van der Waals surface area contributed by atoms with Crippen molar-refractivity contribution in [2.75, 3.05) is 12.8 Å². The van der Waals surface area contributed by atoms with E-state index in [1.807, 2.05) is 17.5 Å². The molecule has 1 amide bonds. The maximum absolute atomic E-state index is 12.6. The highest BCUT2D eigenvalue weighted by atomic mass is 32.2. The summed E-state index contributed by atoms with van der Waals surface area (Å²) in [6.45, 7) is 4.63. The summed E-state index contributed by atoms with van der Waals surface area (Å²) in [7, 11) is -3.26.